The maximum absolute atomic E-state index is 13.5. The molecule has 0 heterocycles. The summed E-state index contributed by atoms with van der Waals surface area (Å²) in [5.41, 5.74) is 1.71. The summed E-state index contributed by atoms with van der Waals surface area (Å²) in [5, 5.41) is 0.342. The molecule has 1 aliphatic rings. The van der Waals surface area contributed by atoms with E-state index in [-0.39, 0.29) is 17.7 Å². The zero-order chi connectivity index (χ0) is 15.2. The average Bonchev–Trinajstić information content (AvgIpc) is 3.00. The van der Waals surface area contributed by atoms with Crippen LogP contribution in [0.4, 0.5) is 4.39 Å². The molecule has 21 heavy (non-hydrogen) atoms. The quantitative estimate of drug-likeness (QED) is 0.663. The predicted octanol–water partition coefficient (Wildman–Crippen LogP) is 5.54. The minimum absolute atomic E-state index is 0.0930. The largest absolute Gasteiger partial charge is 0.497 e. The Morgan fingerprint density at radius 3 is 2.19 bits per heavy atom. The van der Waals surface area contributed by atoms with Crippen LogP contribution in [-0.2, 0) is 0 Å². The Hall–Kier alpha value is -0.960. The van der Waals surface area contributed by atoms with Crippen molar-refractivity contribution in [2.75, 3.05) is 7.11 Å². The van der Waals surface area contributed by atoms with Crippen LogP contribution in [0.25, 0.3) is 0 Å². The molecular formula is C16H12Cl3FO. The van der Waals surface area contributed by atoms with Gasteiger partial charge in [-0.25, -0.2) is 4.39 Å². The van der Waals surface area contributed by atoms with Gasteiger partial charge < -0.3 is 4.74 Å². The first kappa shape index (κ1) is 15.0. The van der Waals surface area contributed by atoms with Crippen molar-refractivity contribution in [1.82, 2.24) is 0 Å². The number of benzene rings is 2. The van der Waals surface area contributed by atoms with Crippen LogP contribution >= 0.6 is 34.8 Å². The highest BCUT2D eigenvalue weighted by Gasteiger charge is 2.64. The first-order valence-electron chi connectivity index (χ1n) is 6.41. The number of hydrogen-bond acceptors (Lipinski definition) is 1. The first-order chi connectivity index (χ1) is 9.93. The fraction of sp³-hybridized carbons (Fsp3) is 0.250. The van der Waals surface area contributed by atoms with Crippen molar-refractivity contribution < 1.29 is 9.13 Å². The summed E-state index contributed by atoms with van der Waals surface area (Å²) in [5.74, 6) is 0.105. The third-order valence-electron chi connectivity index (χ3n) is 3.77. The van der Waals surface area contributed by atoms with Crippen LogP contribution in [0.5, 0.6) is 5.75 Å². The van der Waals surface area contributed by atoms with Crippen molar-refractivity contribution in [3.05, 3.63) is 64.4 Å². The molecule has 2 aromatic carbocycles. The molecule has 3 rings (SSSR count). The maximum atomic E-state index is 13.5. The highest BCUT2D eigenvalue weighted by molar-refractivity contribution is 6.52. The van der Waals surface area contributed by atoms with Gasteiger partial charge in [-0.15, -0.1) is 23.2 Å². The standard InChI is InChI=1S/C16H12Cl3FO/c1-21-13-4-2-9(3-5-13)14-15(16(14,18)19)10-6-11(17)8-12(20)7-10/h2-8,14-15H,1H3/t14-,15-/m0/s1. The zero-order valence-electron chi connectivity index (χ0n) is 11.1. The van der Waals surface area contributed by atoms with Crippen LogP contribution in [0.3, 0.4) is 0 Å². The number of methoxy groups -OCH3 is 1. The molecule has 0 amide bonds. The van der Waals surface area contributed by atoms with Crippen molar-refractivity contribution in [2.45, 2.75) is 16.2 Å². The Labute approximate surface area is 137 Å². The van der Waals surface area contributed by atoms with E-state index in [1.165, 1.54) is 12.1 Å². The molecular weight excluding hydrogens is 334 g/mol. The molecule has 0 saturated heterocycles. The summed E-state index contributed by atoms with van der Waals surface area (Å²) >= 11 is 18.7. The highest BCUT2D eigenvalue weighted by atomic mass is 35.5. The molecule has 0 unspecified atom stereocenters. The van der Waals surface area contributed by atoms with Crippen molar-refractivity contribution in [1.29, 1.82) is 0 Å². The average molecular weight is 346 g/mol. The van der Waals surface area contributed by atoms with Gasteiger partial charge in [0.25, 0.3) is 0 Å². The van der Waals surface area contributed by atoms with E-state index in [0.717, 1.165) is 11.3 Å². The van der Waals surface area contributed by atoms with Crippen molar-refractivity contribution >= 4 is 34.8 Å². The topological polar surface area (TPSA) is 9.23 Å². The minimum atomic E-state index is -0.953. The summed E-state index contributed by atoms with van der Waals surface area (Å²) in [6, 6.07) is 12.0. The van der Waals surface area contributed by atoms with Gasteiger partial charge in [0.1, 0.15) is 15.9 Å². The Morgan fingerprint density at radius 2 is 1.62 bits per heavy atom. The van der Waals surface area contributed by atoms with Crippen molar-refractivity contribution in [2.24, 2.45) is 0 Å². The molecule has 0 bridgehead atoms. The van der Waals surface area contributed by atoms with Crippen molar-refractivity contribution in [3.63, 3.8) is 0 Å². The van der Waals surface area contributed by atoms with Gasteiger partial charge in [0, 0.05) is 16.9 Å². The molecule has 0 radical (unpaired) electrons. The molecule has 2 atom stereocenters. The van der Waals surface area contributed by atoms with E-state index in [9.17, 15) is 4.39 Å². The van der Waals surface area contributed by atoms with E-state index >= 15 is 0 Å². The van der Waals surface area contributed by atoms with Crippen LogP contribution in [0, 0.1) is 5.82 Å². The lowest BCUT2D eigenvalue weighted by molar-refractivity contribution is 0.414. The maximum Gasteiger partial charge on any atom is 0.133 e. The molecule has 0 spiro atoms. The molecule has 0 aliphatic heterocycles. The van der Waals surface area contributed by atoms with Gasteiger partial charge in [-0.05, 0) is 41.5 Å². The van der Waals surface area contributed by atoms with Crippen LogP contribution in [-0.4, -0.2) is 11.4 Å². The SMILES string of the molecule is COc1ccc([C@H]2[C@H](c3cc(F)cc(Cl)c3)C2(Cl)Cl)cc1. The van der Waals surface area contributed by atoms with Crippen LogP contribution in [0.1, 0.15) is 23.0 Å². The number of alkyl halides is 2. The molecule has 1 fully saturated rings. The van der Waals surface area contributed by atoms with Gasteiger partial charge in [0.2, 0.25) is 0 Å². The number of hydrogen-bond donors (Lipinski definition) is 0. The third-order valence-corrected chi connectivity index (χ3v) is 4.93. The fourth-order valence-electron chi connectivity index (χ4n) is 2.72. The second-order valence-corrected chi connectivity index (χ2v) is 6.99. The first-order valence-corrected chi connectivity index (χ1v) is 7.54. The zero-order valence-corrected chi connectivity index (χ0v) is 13.4. The minimum Gasteiger partial charge on any atom is -0.497 e. The molecule has 5 heteroatoms. The lowest BCUT2D eigenvalue weighted by atomic mass is 10.0. The lowest BCUT2D eigenvalue weighted by Gasteiger charge is -2.03. The Kier molecular flexibility index (Phi) is 3.81. The Morgan fingerprint density at radius 1 is 1.00 bits per heavy atom. The third kappa shape index (κ3) is 2.73. The van der Waals surface area contributed by atoms with E-state index in [4.69, 9.17) is 39.5 Å². The lowest BCUT2D eigenvalue weighted by Crippen LogP contribution is -1.91. The van der Waals surface area contributed by atoms with Gasteiger partial charge in [-0.2, -0.15) is 0 Å². The highest BCUT2D eigenvalue weighted by Crippen LogP contribution is 2.70. The monoisotopic (exact) mass is 344 g/mol. The molecule has 110 valence electrons. The fourth-order valence-corrected chi connectivity index (χ4v) is 3.83. The second-order valence-electron chi connectivity index (χ2n) is 5.11. The Balaban J connectivity index is 1.93. The van der Waals surface area contributed by atoms with Gasteiger partial charge in [0.05, 0.1) is 7.11 Å². The van der Waals surface area contributed by atoms with E-state index in [1.54, 1.807) is 13.2 Å². The molecule has 1 nitrogen and oxygen atoms in total. The van der Waals surface area contributed by atoms with Gasteiger partial charge >= 0.3 is 0 Å². The van der Waals surface area contributed by atoms with E-state index in [0.29, 0.717) is 10.6 Å². The summed E-state index contributed by atoms with van der Waals surface area (Å²) in [6.07, 6.45) is 0. The molecule has 0 aromatic heterocycles. The number of ether oxygens (including phenoxy) is 1. The summed E-state index contributed by atoms with van der Waals surface area (Å²) in [6.45, 7) is 0. The van der Waals surface area contributed by atoms with Crippen LogP contribution in [0.2, 0.25) is 5.02 Å². The summed E-state index contributed by atoms with van der Waals surface area (Å²) < 4.78 is 17.7. The van der Waals surface area contributed by atoms with Gasteiger partial charge in [0.15, 0.2) is 0 Å². The second kappa shape index (κ2) is 5.35. The molecule has 2 aromatic rings. The normalized spacial score (nSPS) is 22.9. The predicted molar refractivity (Wildman–Crippen MR) is 84.3 cm³/mol. The number of halogens is 4. The molecule has 1 aliphatic carbocycles. The molecule has 0 N–H and O–H groups in total. The van der Waals surface area contributed by atoms with Gasteiger partial charge in [-0.1, -0.05) is 23.7 Å². The van der Waals surface area contributed by atoms with Crippen molar-refractivity contribution in [3.8, 4) is 5.75 Å². The van der Waals surface area contributed by atoms with E-state index < -0.39 is 4.33 Å². The van der Waals surface area contributed by atoms with Crippen LogP contribution in [0.15, 0.2) is 42.5 Å². The van der Waals surface area contributed by atoms with E-state index in [1.807, 2.05) is 24.3 Å². The smallest absolute Gasteiger partial charge is 0.133 e. The summed E-state index contributed by atoms with van der Waals surface area (Å²) in [4.78, 5) is 0. The van der Waals surface area contributed by atoms with E-state index in [2.05, 4.69) is 0 Å². The summed E-state index contributed by atoms with van der Waals surface area (Å²) in [7, 11) is 1.61. The van der Waals surface area contributed by atoms with Crippen LogP contribution < -0.4 is 4.74 Å². The molecule has 1 saturated carbocycles. The Bertz CT molecular complexity index is 649. The van der Waals surface area contributed by atoms with Gasteiger partial charge in [-0.3, -0.25) is 0 Å². The number of rotatable bonds is 3.